The highest BCUT2D eigenvalue weighted by Gasteiger charge is 2.31. The Labute approximate surface area is 385 Å². The summed E-state index contributed by atoms with van der Waals surface area (Å²) >= 11 is 19.1. The molecule has 2 aromatic heterocycles. The maximum atomic E-state index is 14.5. The molecule has 0 spiro atoms. The Morgan fingerprint density at radius 1 is 1.05 bits per heavy atom. The maximum absolute atomic E-state index is 14.5. The molecule has 0 fully saturated rings. The molecule has 19 heteroatoms. The maximum Gasteiger partial charge on any atom is 0.346 e. The van der Waals surface area contributed by atoms with Crippen LogP contribution >= 0.6 is 46.3 Å². The van der Waals surface area contributed by atoms with Crippen LogP contribution in [0.2, 0.25) is 15.1 Å². The zero-order chi connectivity index (χ0) is 46.1. The number of terminal acetylenes is 1. The second-order valence-electron chi connectivity index (χ2n) is 14.7. The van der Waals surface area contributed by atoms with Crippen molar-refractivity contribution in [1.29, 1.82) is 0 Å². The predicted octanol–water partition coefficient (Wildman–Crippen LogP) is 9.33. The highest BCUT2D eigenvalue weighted by molar-refractivity contribution is 7.02. The van der Waals surface area contributed by atoms with Crippen molar-refractivity contribution in [3.05, 3.63) is 117 Å². The van der Waals surface area contributed by atoms with E-state index in [4.69, 9.17) is 65.3 Å². The molecule has 14 nitrogen and oxygen atoms in total. The first kappa shape index (κ1) is 47.1. The number of hydrogen-bond acceptors (Lipinski definition) is 12. The van der Waals surface area contributed by atoms with E-state index < -0.39 is 30.5 Å². The number of carboxylic acids is 1. The Morgan fingerprint density at radius 2 is 1.78 bits per heavy atom. The minimum Gasteiger partial charge on any atom is -0.481 e. The lowest BCUT2D eigenvalue weighted by Gasteiger charge is -2.28. The fourth-order valence-electron chi connectivity index (χ4n) is 6.30. The summed E-state index contributed by atoms with van der Waals surface area (Å²) in [6, 6.07) is 21.4. The summed E-state index contributed by atoms with van der Waals surface area (Å²) < 4.78 is 47.1. The number of carbonyl (C=O) groups excluding carboxylic acids is 2. The number of fused-ring (bicyclic) bond motifs is 3. The summed E-state index contributed by atoms with van der Waals surface area (Å²) in [4.78, 5) is 44.4. The Hall–Kier alpha value is -6.38. The van der Waals surface area contributed by atoms with Gasteiger partial charge < -0.3 is 33.4 Å². The number of esters is 1. The molecule has 332 valence electrons. The normalized spacial score (nSPS) is 14.0. The number of hydrogen-bond donors (Lipinski definition) is 1. The van der Waals surface area contributed by atoms with Crippen molar-refractivity contribution in [2.75, 3.05) is 31.8 Å². The van der Waals surface area contributed by atoms with Crippen LogP contribution in [0.25, 0.3) is 10.9 Å². The molecule has 1 atom stereocenters. The summed E-state index contributed by atoms with van der Waals surface area (Å²) in [5, 5.41) is 10.8. The summed E-state index contributed by atoms with van der Waals surface area (Å²) in [7, 11) is 1.31. The molecular weight excluding hydrogens is 912 g/mol. The van der Waals surface area contributed by atoms with Gasteiger partial charge in [-0.2, -0.15) is 4.37 Å². The van der Waals surface area contributed by atoms with Crippen LogP contribution < -0.4 is 28.6 Å². The zero-order valence-electron chi connectivity index (χ0n) is 34.6. The van der Waals surface area contributed by atoms with Gasteiger partial charge in [-0.05, 0) is 85.1 Å². The van der Waals surface area contributed by atoms with E-state index in [1.165, 1.54) is 35.7 Å². The number of methoxy groups -OCH3 is 1. The molecule has 4 heterocycles. The standard InChI is InChI=1S/C18H17FN4O2S.C16H14Cl2O4.C11H8ClNO3/c1-4-5-22-13-7-12(11(19)6-14(13)25-9-16(22)24)20-17-23-10-18(2,3)8-15(23)21-26-17;1-10(16(19)20-2)21-12-4-6-13(7-5-12)22-15-8-3-11(17)9-14(15)18;12-8-3-4-9(16-6-10(14)15)11-7(8)2-1-5-13-11/h1,6-7H,5,8-10H2,2-3H3;3-10H,1-2H3;1-5H,6H2,(H,14,15). The molecule has 0 aliphatic carbocycles. The van der Waals surface area contributed by atoms with E-state index in [-0.39, 0.29) is 30.2 Å². The minimum absolute atomic E-state index is 0.0964. The smallest absolute Gasteiger partial charge is 0.346 e. The van der Waals surface area contributed by atoms with Crippen molar-refractivity contribution in [1.82, 2.24) is 13.9 Å². The number of pyridine rings is 1. The first-order valence-corrected chi connectivity index (χ1v) is 21.1. The SMILES string of the molecule is C#CCN1C(=O)COc2cc(F)c(N=c3snc4n3CC(C)(C)C4)cc21.COC(=O)C(C)Oc1ccc(Oc2ccc(Cl)cc2Cl)cc1.O=C(O)COc1ccc(Cl)c2cccnc12. The molecule has 1 unspecified atom stereocenters. The molecule has 0 saturated heterocycles. The fourth-order valence-corrected chi connectivity index (χ4v) is 7.72. The minimum atomic E-state index is -1.03. The Kier molecular flexibility index (Phi) is 15.4. The van der Waals surface area contributed by atoms with Crippen molar-refractivity contribution >= 4 is 86.5 Å². The van der Waals surface area contributed by atoms with Crippen molar-refractivity contribution in [2.45, 2.75) is 39.8 Å². The van der Waals surface area contributed by atoms with Crippen molar-refractivity contribution in [3.63, 3.8) is 0 Å². The number of nitrogens with zero attached hydrogens (tertiary/aromatic N) is 5. The zero-order valence-corrected chi connectivity index (χ0v) is 37.7. The number of anilines is 1. The third kappa shape index (κ3) is 11.8. The van der Waals surface area contributed by atoms with Crippen LogP contribution in [0, 0.1) is 23.6 Å². The van der Waals surface area contributed by atoms with Gasteiger partial charge in [0.25, 0.3) is 5.91 Å². The van der Waals surface area contributed by atoms with Gasteiger partial charge in [0, 0.05) is 47.2 Å². The van der Waals surface area contributed by atoms with Crippen LogP contribution in [-0.2, 0) is 32.1 Å². The molecule has 2 aliphatic rings. The topological polar surface area (TPSA) is 164 Å². The van der Waals surface area contributed by atoms with Crippen LogP contribution in [0.4, 0.5) is 15.8 Å². The van der Waals surface area contributed by atoms with E-state index in [9.17, 15) is 18.8 Å². The molecule has 0 saturated carbocycles. The molecule has 4 aromatic carbocycles. The van der Waals surface area contributed by atoms with Gasteiger partial charge in [0.2, 0.25) is 4.80 Å². The number of halogens is 4. The van der Waals surface area contributed by atoms with Gasteiger partial charge in [-0.1, -0.05) is 54.6 Å². The molecule has 0 radical (unpaired) electrons. The average Bonchev–Trinajstić information content (AvgIpc) is 3.78. The lowest BCUT2D eigenvalue weighted by molar-refractivity contribution is -0.148. The van der Waals surface area contributed by atoms with E-state index in [0.717, 1.165) is 24.2 Å². The van der Waals surface area contributed by atoms with Crippen LogP contribution in [0.15, 0.2) is 90.1 Å². The van der Waals surface area contributed by atoms with Crippen molar-refractivity contribution in [2.24, 2.45) is 10.4 Å². The molecular formula is C45H39Cl3FN5O9S. The van der Waals surface area contributed by atoms with Gasteiger partial charge in [0.15, 0.2) is 25.1 Å². The summed E-state index contributed by atoms with van der Waals surface area (Å²) in [5.41, 5.74) is 1.24. The number of benzene rings is 4. The number of ether oxygens (including phenoxy) is 5. The second-order valence-corrected chi connectivity index (χ2v) is 16.7. The molecule has 8 rings (SSSR count). The highest BCUT2D eigenvalue weighted by atomic mass is 35.5. The molecule has 0 bridgehead atoms. The third-order valence-corrected chi connectivity index (χ3v) is 10.9. The largest absolute Gasteiger partial charge is 0.481 e. The van der Waals surface area contributed by atoms with E-state index in [0.29, 0.717) is 59.8 Å². The Morgan fingerprint density at radius 3 is 2.48 bits per heavy atom. The number of aliphatic carboxylic acids is 1. The number of carboxylic acid groups (broad SMARTS) is 1. The lowest BCUT2D eigenvalue weighted by atomic mass is 9.92. The van der Waals surface area contributed by atoms with Gasteiger partial charge in [-0.3, -0.25) is 14.7 Å². The van der Waals surface area contributed by atoms with Crippen molar-refractivity contribution < 1.29 is 47.6 Å². The number of amides is 1. The average molecular weight is 951 g/mol. The molecule has 64 heavy (non-hydrogen) atoms. The molecule has 1 N–H and O–H groups in total. The van der Waals surface area contributed by atoms with Gasteiger partial charge in [-0.25, -0.2) is 19.0 Å². The van der Waals surface area contributed by atoms with Crippen molar-refractivity contribution in [3.8, 4) is 41.1 Å². The van der Waals surface area contributed by atoms with E-state index >= 15 is 0 Å². The third-order valence-electron chi connectivity index (χ3n) is 9.26. The summed E-state index contributed by atoms with van der Waals surface area (Å²) in [5.74, 6) is 3.50. The van der Waals surface area contributed by atoms with Crippen LogP contribution in [0.5, 0.6) is 28.7 Å². The fraction of sp³-hybridized carbons (Fsp3) is 0.244. The summed E-state index contributed by atoms with van der Waals surface area (Å²) in [6.45, 7) is 6.27. The Balaban J connectivity index is 0.000000164. The number of carbonyl (C=O) groups is 3. The quantitative estimate of drug-likeness (QED) is 0.103. The van der Waals surface area contributed by atoms with E-state index in [1.54, 1.807) is 79.9 Å². The van der Waals surface area contributed by atoms with Gasteiger partial charge in [0.1, 0.15) is 45.8 Å². The summed E-state index contributed by atoms with van der Waals surface area (Å²) in [6.07, 6.45) is 7.14. The first-order chi connectivity index (χ1) is 30.5. The van der Waals surface area contributed by atoms with Gasteiger partial charge in [-0.15, -0.1) is 6.42 Å². The van der Waals surface area contributed by atoms with Gasteiger partial charge in [0.05, 0.1) is 29.4 Å². The monoisotopic (exact) mass is 949 g/mol. The van der Waals surface area contributed by atoms with E-state index in [2.05, 4.69) is 38.9 Å². The number of aromatic nitrogens is 3. The van der Waals surface area contributed by atoms with Gasteiger partial charge >= 0.3 is 11.9 Å². The second kappa shape index (κ2) is 20.9. The molecule has 1 amide bonds. The molecule has 6 aromatic rings. The molecule has 2 aliphatic heterocycles. The van der Waals surface area contributed by atoms with Crippen LogP contribution in [0.1, 0.15) is 26.6 Å². The van der Waals surface area contributed by atoms with Crippen LogP contribution in [-0.4, -0.2) is 69.8 Å². The number of rotatable bonds is 10. The lowest BCUT2D eigenvalue weighted by Crippen LogP contribution is -2.39. The Bertz CT molecular complexity index is 2810. The highest BCUT2D eigenvalue weighted by Crippen LogP contribution is 2.38. The van der Waals surface area contributed by atoms with Crippen LogP contribution in [0.3, 0.4) is 0 Å². The first-order valence-electron chi connectivity index (χ1n) is 19.2. The predicted molar refractivity (Wildman–Crippen MR) is 241 cm³/mol. The van der Waals surface area contributed by atoms with E-state index in [1.807, 2.05) is 4.57 Å².